The Morgan fingerprint density at radius 1 is 1.12 bits per heavy atom. The number of carboxylic acids is 2. The first-order valence-corrected chi connectivity index (χ1v) is 4.78. The largest absolute Gasteiger partial charge is 0.491 e. The summed E-state index contributed by atoms with van der Waals surface area (Å²) in [5, 5.41) is 17.7. The van der Waals surface area contributed by atoms with E-state index in [0.29, 0.717) is 12.4 Å². The standard InChI is InChI=1S/C11H12O6/c1-16-4-5-17-7-2-3-8(10(12)13)9(6-7)11(14)15/h2-3,6H,4-5H2,1H3,(H,12,13)(H,14,15). The van der Waals surface area contributed by atoms with Gasteiger partial charge in [0.1, 0.15) is 12.4 Å². The van der Waals surface area contributed by atoms with Crippen LogP contribution in [0.25, 0.3) is 0 Å². The van der Waals surface area contributed by atoms with Crippen LogP contribution in [0.4, 0.5) is 0 Å². The molecule has 0 saturated heterocycles. The third-order valence-electron chi connectivity index (χ3n) is 2.01. The van der Waals surface area contributed by atoms with Crippen LogP contribution in [0.1, 0.15) is 20.7 Å². The average molecular weight is 240 g/mol. The fourth-order valence-corrected chi connectivity index (χ4v) is 1.22. The Labute approximate surface area is 97.4 Å². The van der Waals surface area contributed by atoms with Gasteiger partial charge < -0.3 is 19.7 Å². The monoisotopic (exact) mass is 240 g/mol. The summed E-state index contributed by atoms with van der Waals surface area (Å²) in [6, 6.07) is 3.79. The van der Waals surface area contributed by atoms with Gasteiger partial charge in [0.25, 0.3) is 0 Å². The van der Waals surface area contributed by atoms with Crippen molar-refractivity contribution in [2.24, 2.45) is 0 Å². The maximum absolute atomic E-state index is 10.9. The smallest absolute Gasteiger partial charge is 0.336 e. The molecule has 0 unspecified atom stereocenters. The van der Waals surface area contributed by atoms with Crippen molar-refractivity contribution in [3.05, 3.63) is 29.3 Å². The number of ether oxygens (including phenoxy) is 2. The van der Waals surface area contributed by atoms with E-state index in [9.17, 15) is 9.59 Å². The van der Waals surface area contributed by atoms with Gasteiger partial charge >= 0.3 is 11.9 Å². The quantitative estimate of drug-likeness (QED) is 0.723. The summed E-state index contributed by atoms with van der Waals surface area (Å²) in [5.74, 6) is -2.30. The first kappa shape index (κ1) is 13.0. The Morgan fingerprint density at radius 3 is 2.29 bits per heavy atom. The predicted molar refractivity (Wildman–Crippen MR) is 57.7 cm³/mol. The van der Waals surface area contributed by atoms with E-state index in [4.69, 9.17) is 19.7 Å². The number of aromatic carboxylic acids is 2. The molecule has 6 heteroatoms. The SMILES string of the molecule is COCCOc1ccc(C(=O)O)c(C(=O)O)c1. The lowest BCUT2D eigenvalue weighted by atomic mass is 10.1. The number of rotatable bonds is 6. The molecule has 17 heavy (non-hydrogen) atoms. The lowest BCUT2D eigenvalue weighted by Crippen LogP contribution is -2.09. The molecule has 0 aliphatic rings. The summed E-state index contributed by atoms with van der Waals surface area (Å²) < 4.78 is 9.96. The maximum Gasteiger partial charge on any atom is 0.336 e. The van der Waals surface area contributed by atoms with Crippen molar-refractivity contribution < 1.29 is 29.3 Å². The van der Waals surface area contributed by atoms with E-state index in [1.54, 1.807) is 0 Å². The molecule has 0 fully saturated rings. The molecular weight excluding hydrogens is 228 g/mol. The fourth-order valence-electron chi connectivity index (χ4n) is 1.22. The Bertz CT molecular complexity index is 426. The Balaban J connectivity index is 2.94. The Morgan fingerprint density at radius 2 is 1.76 bits per heavy atom. The van der Waals surface area contributed by atoms with E-state index in [-0.39, 0.29) is 17.7 Å². The van der Waals surface area contributed by atoms with Gasteiger partial charge in [0, 0.05) is 7.11 Å². The van der Waals surface area contributed by atoms with Crippen molar-refractivity contribution in [3.63, 3.8) is 0 Å². The number of methoxy groups -OCH3 is 1. The van der Waals surface area contributed by atoms with Crippen molar-refractivity contribution in [3.8, 4) is 5.75 Å². The van der Waals surface area contributed by atoms with Gasteiger partial charge in [0.2, 0.25) is 0 Å². The molecular formula is C11H12O6. The van der Waals surface area contributed by atoms with Gasteiger partial charge in [0.05, 0.1) is 17.7 Å². The molecule has 2 N–H and O–H groups in total. The van der Waals surface area contributed by atoms with E-state index >= 15 is 0 Å². The zero-order valence-electron chi connectivity index (χ0n) is 9.17. The normalized spacial score (nSPS) is 9.94. The van der Waals surface area contributed by atoms with E-state index in [2.05, 4.69) is 0 Å². The third-order valence-corrected chi connectivity index (χ3v) is 2.01. The summed E-state index contributed by atoms with van der Waals surface area (Å²) in [5.41, 5.74) is -0.566. The van der Waals surface area contributed by atoms with Crippen molar-refractivity contribution in [1.29, 1.82) is 0 Å². The summed E-state index contributed by atoms with van der Waals surface area (Å²) in [4.78, 5) is 21.6. The average Bonchev–Trinajstić information content (AvgIpc) is 2.29. The minimum absolute atomic E-state index is 0.266. The second-order valence-electron chi connectivity index (χ2n) is 3.16. The molecule has 92 valence electrons. The molecule has 0 bridgehead atoms. The number of carbonyl (C=O) groups is 2. The van der Waals surface area contributed by atoms with Crippen molar-refractivity contribution in [1.82, 2.24) is 0 Å². The zero-order chi connectivity index (χ0) is 12.8. The predicted octanol–water partition coefficient (Wildman–Crippen LogP) is 1.11. The summed E-state index contributed by atoms with van der Waals surface area (Å²) >= 11 is 0. The summed E-state index contributed by atoms with van der Waals surface area (Å²) in [6.45, 7) is 0.630. The minimum Gasteiger partial charge on any atom is -0.491 e. The molecule has 1 aromatic rings. The van der Waals surface area contributed by atoms with Gasteiger partial charge in [-0.05, 0) is 18.2 Å². The highest BCUT2D eigenvalue weighted by Crippen LogP contribution is 2.18. The molecule has 0 aromatic heterocycles. The molecule has 0 heterocycles. The van der Waals surface area contributed by atoms with Crippen LogP contribution < -0.4 is 4.74 Å². The number of hydrogen-bond acceptors (Lipinski definition) is 4. The maximum atomic E-state index is 10.9. The van der Waals surface area contributed by atoms with Gasteiger partial charge in [-0.15, -0.1) is 0 Å². The second kappa shape index (κ2) is 5.86. The molecule has 0 saturated carbocycles. The lowest BCUT2D eigenvalue weighted by Gasteiger charge is -2.07. The topological polar surface area (TPSA) is 93.1 Å². The van der Waals surface area contributed by atoms with Gasteiger partial charge in [-0.3, -0.25) is 0 Å². The molecule has 0 atom stereocenters. The minimum atomic E-state index is -1.31. The molecule has 0 amide bonds. The van der Waals surface area contributed by atoms with E-state index in [0.717, 1.165) is 0 Å². The molecule has 1 aromatic carbocycles. The van der Waals surface area contributed by atoms with Crippen molar-refractivity contribution >= 4 is 11.9 Å². The van der Waals surface area contributed by atoms with Crippen LogP contribution in [0.2, 0.25) is 0 Å². The van der Waals surface area contributed by atoms with E-state index in [1.165, 1.54) is 25.3 Å². The Kier molecular flexibility index (Phi) is 4.47. The first-order valence-electron chi connectivity index (χ1n) is 4.78. The highest BCUT2D eigenvalue weighted by Gasteiger charge is 2.16. The van der Waals surface area contributed by atoms with Crippen LogP contribution in [-0.2, 0) is 4.74 Å². The van der Waals surface area contributed by atoms with Crippen molar-refractivity contribution in [2.75, 3.05) is 20.3 Å². The van der Waals surface area contributed by atoms with E-state index < -0.39 is 11.9 Å². The van der Waals surface area contributed by atoms with Crippen LogP contribution in [0, 0.1) is 0 Å². The van der Waals surface area contributed by atoms with Gasteiger partial charge in [-0.1, -0.05) is 0 Å². The van der Waals surface area contributed by atoms with E-state index in [1.807, 2.05) is 0 Å². The van der Waals surface area contributed by atoms with Crippen LogP contribution in [0.3, 0.4) is 0 Å². The number of carboxylic acid groups (broad SMARTS) is 2. The van der Waals surface area contributed by atoms with Crippen LogP contribution in [-0.4, -0.2) is 42.5 Å². The molecule has 0 aliphatic heterocycles. The molecule has 1 rings (SSSR count). The van der Waals surface area contributed by atoms with Crippen LogP contribution in [0.5, 0.6) is 5.75 Å². The second-order valence-corrected chi connectivity index (χ2v) is 3.16. The molecule has 0 radical (unpaired) electrons. The van der Waals surface area contributed by atoms with Gasteiger partial charge in [0.15, 0.2) is 0 Å². The zero-order valence-corrected chi connectivity index (χ0v) is 9.17. The lowest BCUT2D eigenvalue weighted by molar-refractivity contribution is 0.0651. The number of hydrogen-bond donors (Lipinski definition) is 2. The molecule has 0 spiro atoms. The first-order chi connectivity index (χ1) is 8.06. The number of benzene rings is 1. The summed E-state index contributed by atoms with van der Waals surface area (Å²) in [6.07, 6.45) is 0. The Hall–Kier alpha value is -2.08. The van der Waals surface area contributed by atoms with Gasteiger partial charge in [-0.2, -0.15) is 0 Å². The fraction of sp³-hybridized carbons (Fsp3) is 0.273. The van der Waals surface area contributed by atoms with Gasteiger partial charge in [-0.25, -0.2) is 9.59 Å². The molecule has 6 nitrogen and oxygen atoms in total. The van der Waals surface area contributed by atoms with Crippen LogP contribution >= 0.6 is 0 Å². The third kappa shape index (κ3) is 3.46. The highest BCUT2D eigenvalue weighted by molar-refractivity contribution is 6.01. The highest BCUT2D eigenvalue weighted by atomic mass is 16.5. The van der Waals surface area contributed by atoms with Crippen molar-refractivity contribution in [2.45, 2.75) is 0 Å². The van der Waals surface area contributed by atoms with Crippen LogP contribution in [0.15, 0.2) is 18.2 Å². The summed E-state index contributed by atoms with van der Waals surface area (Å²) in [7, 11) is 1.51. The molecule has 0 aliphatic carbocycles.